The molecule has 0 spiro atoms. The van der Waals surface area contributed by atoms with Gasteiger partial charge in [-0.05, 0) is 31.2 Å². The van der Waals surface area contributed by atoms with E-state index < -0.39 is 6.04 Å². The SMILES string of the molecule is CC(c1ccccc1F)N(C)C(=O)c1cc(Br)ccc1N. The molecule has 21 heavy (non-hydrogen) atoms. The molecule has 2 aromatic rings. The van der Waals surface area contributed by atoms with E-state index in [0.717, 1.165) is 4.47 Å². The van der Waals surface area contributed by atoms with E-state index in [0.29, 0.717) is 16.8 Å². The topological polar surface area (TPSA) is 46.3 Å². The number of hydrogen-bond acceptors (Lipinski definition) is 2. The Labute approximate surface area is 131 Å². The Morgan fingerprint density at radius 2 is 1.95 bits per heavy atom. The van der Waals surface area contributed by atoms with Gasteiger partial charge in [-0.2, -0.15) is 0 Å². The number of amides is 1. The molecular formula is C16H16BrFN2O. The van der Waals surface area contributed by atoms with Crippen LogP contribution in [0.2, 0.25) is 0 Å². The smallest absolute Gasteiger partial charge is 0.256 e. The fourth-order valence-electron chi connectivity index (χ4n) is 2.10. The van der Waals surface area contributed by atoms with E-state index >= 15 is 0 Å². The molecular weight excluding hydrogens is 335 g/mol. The summed E-state index contributed by atoms with van der Waals surface area (Å²) in [4.78, 5) is 14.0. The van der Waals surface area contributed by atoms with Crippen LogP contribution in [0.5, 0.6) is 0 Å². The molecule has 0 saturated carbocycles. The van der Waals surface area contributed by atoms with Crippen LogP contribution in [-0.4, -0.2) is 17.9 Å². The molecule has 0 radical (unpaired) electrons. The number of nitrogens with two attached hydrogens (primary N) is 1. The van der Waals surface area contributed by atoms with Crippen molar-refractivity contribution in [2.75, 3.05) is 12.8 Å². The van der Waals surface area contributed by atoms with Gasteiger partial charge in [0.1, 0.15) is 5.82 Å². The van der Waals surface area contributed by atoms with Gasteiger partial charge in [0.15, 0.2) is 0 Å². The second kappa shape index (κ2) is 6.26. The molecule has 1 amide bonds. The zero-order valence-electron chi connectivity index (χ0n) is 11.8. The number of anilines is 1. The minimum Gasteiger partial charge on any atom is -0.398 e. The molecule has 2 rings (SSSR count). The average Bonchev–Trinajstić information content (AvgIpc) is 2.48. The third kappa shape index (κ3) is 3.24. The van der Waals surface area contributed by atoms with Gasteiger partial charge in [0, 0.05) is 22.8 Å². The summed E-state index contributed by atoms with van der Waals surface area (Å²) in [6.07, 6.45) is 0. The molecule has 0 heterocycles. The first-order valence-electron chi connectivity index (χ1n) is 6.48. The highest BCUT2D eigenvalue weighted by atomic mass is 79.9. The predicted octanol–water partition coefficient (Wildman–Crippen LogP) is 4.00. The van der Waals surface area contributed by atoms with Gasteiger partial charge in [0.25, 0.3) is 5.91 Å². The van der Waals surface area contributed by atoms with Crippen molar-refractivity contribution in [1.82, 2.24) is 4.90 Å². The van der Waals surface area contributed by atoms with Gasteiger partial charge in [-0.3, -0.25) is 4.79 Å². The first-order valence-corrected chi connectivity index (χ1v) is 7.27. The van der Waals surface area contributed by atoms with Crippen molar-refractivity contribution >= 4 is 27.5 Å². The van der Waals surface area contributed by atoms with Crippen LogP contribution in [0.25, 0.3) is 0 Å². The summed E-state index contributed by atoms with van der Waals surface area (Å²) in [7, 11) is 1.64. The van der Waals surface area contributed by atoms with Crippen LogP contribution in [0.3, 0.4) is 0 Å². The lowest BCUT2D eigenvalue weighted by atomic mass is 10.1. The van der Waals surface area contributed by atoms with E-state index in [4.69, 9.17) is 5.73 Å². The van der Waals surface area contributed by atoms with Crippen LogP contribution >= 0.6 is 15.9 Å². The number of nitrogens with zero attached hydrogens (tertiary/aromatic N) is 1. The molecule has 1 unspecified atom stereocenters. The van der Waals surface area contributed by atoms with Crippen LogP contribution in [0.1, 0.15) is 28.9 Å². The molecule has 0 aliphatic rings. The highest BCUT2D eigenvalue weighted by molar-refractivity contribution is 9.10. The van der Waals surface area contributed by atoms with Crippen LogP contribution < -0.4 is 5.73 Å². The molecule has 5 heteroatoms. The lowest BCUT2D eigenvalue weighted by molar-refractivity contribution is 0.0741. The molecule has 2 aromatic carbocycles. The Hall–Kier alpha value is -1.88. The number of nitrogen functional groups attached to an aromatic ring is 1. The normalized spacial score (nSPS) is 12.0. The van der Waals surface area contributed by atoms with E-state index in [-0.39, 0.29) is 11.7 Å². The Morgan fingerprint density at radius 3 is 2.62 bits per heavy atom. The molecule has 3 nitrogen and oxygen atoms in total. The molecule has 0 aromatic heterocycles. The summed E-state index contributed by atoms with van der Waals surface area (Å²) in [6, 6.07) is 11.1. The highest BCUT2D eigenvalue weighted by Crippen LogP contribution is 2.26. The van der Waals surface area contributed by atoms with Crippen molar-refractivity contribution in [2.45, 2.75) is 13.0 Å². The van der Waals surface area contributed by atoms with E-state index in [1.165, 1.54) is 11.0 Å². The fraction of sp³-hybridized carbons (Fsp3) is 0.188. The summed E-state index contributed by atoms with van der Waals surface area (Å²) >= 11 is 3.32. The maximum atomic E-state index is 13.8. The number of rotatable bonds is 3. The van der Waals surface area contributed by atoms with Gasteiger partial charge in [-0.1, -0.05) is 34.1 Å². The van der Waals surface area contributed by atoms with E-state index in [1.807, 2.05) is 0 Å². The lowest BCUT2D eigenvalue weighted by Gasteiger charge is -2.26. The van der Waals surface area contributed by atoms with Crippen molar-refractivity contribution in [3.05, 3.63) is 63.9 Å². The van der Waals surface area contributed by atoms with E-state index in [1.54, 1.807) is 50.4 Å². The molecule has 0 fully saturated rings. The summed E-state index contributed by atoms with van der Waals surface area (Å²) in [5.74, 6) is -0.573. The van der Waals surface area contributed by atoms with Crippen molar-refractivity contribution in [2.24, 2.45) is 0 Å². The molecule has 0 aliphatic carbocycles. The Morgan fingerprint density at radius 1 is 1.29 bits per heavy atom. The molecule has 0 bridgehead atoms. The Balaban J connectivity index is 2.31. The van der Waals surface area contributed by atoms with Crippen LogP contribution in [0.15, 0.2) is 46.9 Å². The standard InChI is InChI=1S/C16H16BrFN2O/c1-10(12-5-3-4-6-14(12)18)20(2)16(21)13-9-11(17)7-8-15(13)19/h3-10H,19H2,1-2H3. The van der Waals surface area contributed by atoms with Crippen molar-refractivity contribution in [3.63, 3.8) is 0 Å². The van der Waals surface area contributed by atoms with Crippen molar-refractivity contribution in [3.8, 4) is 0 Å². The second-order valence-corrected chi connectivity index (χ2v) is 5.76. The highest BCUT2D eigenvalue weighted by Gasteiger charge is 2.22. The number of carbonyl (C=O) groups is 1. The van der Waals surface area contributed by atoms with Gasteiger partial charge in [-0.15, -0.1) is 0 Å². The average molecular weight is 351 g/mol. The quantitative estimate of drug-likeness (QED) is 0.850. The van der Waals surface area contributed by atoms with Gasteiger partial charge < -0.3 is 10.6 Å². The number of halogens is 2. The molecule has 0 saturated heterocycles. The monoisotopic (exact) mass is 350 g/mol. The first kappa shape index (κ1) is 15.5. The zero-order valence-corrected chi connectivity index (χ0v) is 13.4. The largest absolute Gasteiger partial charge is 0.398 e. The first-order chi connectivity index (χ1) is 9.91. The van der Waals surface area contributed by atoms with Gasteiger partial charge in [0.2, 0.25) is 0 Å². The third-order valence-electron chi connectivity index (χ3n) is 3.50. The summed E-state index contributed by atoms with van der Waals surface area (Å²) < 4.78 is 14.6. The Bertz CT molecular complexity index is 675. The van der Waals surface area contributed by atoms with Gasteiger partial charge in [0.05, 0.1) is 11.6 Å². The summed E-state index contributed by atoms with van der Waals surface area (Å²) in [5, 5.41) is 0. The number of benzene rings is 2. The predicted molar refractivity (Wildman–Crippen MR) is 85.5 cm³/mol. The molecule has 110 valence electrons. The van der Waals surface area contributed by atoms with E-state index in [9.17, 15) is 9.18 Å². The van der Waals surface area contributed by atoms with Crippen LogP contribution in [0, 0.1) is 5.82 Å². The summed E-state index contributed by atoms with van der Waals surface area (Å²) in [6.45, 7) is 1.78. The van der Waals surface area contributed by atoms with Gasteiger partial charge in [-0.25, -0.2) is 4.39 Å². The lowest BCUT2D eigenvalue weighted by Crippen LogP contribution is -2.30. The molecule has 2 N–H and O–H groups in total. The van der Waals surface area contributed by atoms with E-state index in [2.05, 4.69) is 15.9 Å². The summed E-state index contributed by atoms with van der Waals surface area (Å²) in [5.41, 5.74) is 7.13. The third-order valence-corrected chi connectivity index (χ3v) is 4.00. The van der Waals surface area contributed by atoms with Crippen LogP contribution in [0.4, 0.5) is 10.1 Å². The second-order valence-electron chi connectivity index (χ2n) is 4.85. The minimum absolute atomic E-state index is 0.246. The van der Waals surface area contributed by atoms with Gasteiger partial charge >= 0.3 is 0 Å². The maximum Gasteiger partial charge on any atom is 0.256 e. The minimum atomic E-state index is -0.392. The van der Waals surface area contributed by atoms with Crippen molar-refractivity contribution < 1.29 is 9.18 Å². The molecule has 1 atom stereocenters. The molecule has 0 aliphatic heterocycles. The Kier molecular flexibility index (Phi) is 4.63. The zero-order chi connectivity index (χ0) is 15.6. The maximum absolute atomic E-state index is 13.8. The fourth-order valence-corrected chi connectivity index (χ4v) is 2.46. The van der Waals surface area contributed by atoms with Crippen molar-refractivity contribution in [1.29, 1.82) is 0 Å². The van der Waals surface area contributed by atoms with Crippen LogP contribution in [-0.2, 0) is 0 Å². The number of hydrogen-bond donors (Lipinski definition) is 1. The number of carbonyl (C=O) groups excluding carboxylic acids is 1.